The van der Waals surface area contributed by atoms with Gasteiger partial charge in [0.1, 0.15) is 5.82 Å². The maximum Gasteiger partial charge on any atom is 0.224 e. The molecule has 0 saturated carbocycles. The van der Waals surface area contributed by atoms with Gasteiger partial charge in [-0.2, -0.15) is 0 Å². The molecule has 2 aromatic heterocycles. The number of benzene rings is 1. The van der Waals surface area contributed by atoms with E-state index in [1.54, 1.807) is 11.3 Å². The molecule has 0 radical (unpaired) electrons. The van der Waals surface area contributed by atoms with Crippen molar-refractivity contribution in [2.24, 2.45) is 5.92 Å². The summed E-state index contributed by atoms with van der Waals surface area (Å²) in [5, 5.41) is 5.15. The summed E-state index contributed by atoms with van der Waals surface area (Å²) in [7, 11) is 0. The molecule has 5 rings (SSSR count). The predicted molar refractivity (Wildman–Crippen MR) is 123 cm³/mol. The smallest absolute Gasteiger partial charge is 0.224 e. The lowest BCUT2D eigenvalue weighted by molar-refractivity contribution is -0.125. The van der Waals surface area contributed by atoms with Gasteiger partial charge in [0, 0.05) is 48.3 Å². The molecule has 3 heterocycles. The molecule has 160 valence electrons. The maximum absolute atomic E-state index is 12.8. The fraction of sp³-hybridized carbons (Fsp3) is 0.417. The largest absolute Gasteiger partial charge is 0.355 e. The van der Waals surface area contributed by atoms with Crippen molar-refractivity contribution < 1.29 is 4.79 Å². The first-order valence-electron chi connectivity index (χ1n) is 11.1. The molecule has 7 heteroatoms. The van der Waals surface area contributed by atoms with Gasteiger partial charge in [0.25, 0.3) is 0 Å². The van der Waals surface area contributed by atoms with E-state index in [2.05, 4.69) is 27.3 Å². The summed E-state index contributed by atoms with van der Waals surface area (Å²) < 4.78 is 0. The number of nitrogens with one attached hydrogen (secondary N) is 1. The summed E-state index contributed by atoms with van der Waals surface area (Å²) in [6.07, 6.45) is 5.89. The van der Waals surface area contributed by atoms with E-state index in [-0.39, 0.29) is 11.8 Å². The molecule has 1 fully saturated rings. The van der Waals surface area contributed by atoms with Crippen molar-refractivity contribution in [2.45, 2.75) is 38.5 Å². The number of carbonyl (C=O) groups excluding carboxylic acids is 1. The summed E-state index contributed by atoms with van der Waals surface area (Å²) in [5.74, 6) is 1.98. The van der Waals surface area contributed by atoms with Crippen molar-refractivity contribution in [1.82, 2.24) is 20.3 Å². The zero-order valence-corrected chi connectivity index (χ0v) is 18.4. The van der Waals surface area contributed by atoms with Gasteiger partial charge in [0.15, 0.2) is 5.82 Å². The second kappa shape index (κ2) is 9.14. The molecule has 3 aromatic rings. The summed E-state index contributed by atoms with van der Waals surface area (Å²) >= 11 is 1.59. The van der Waals surface area contributed by atoms with Crippen molar-refractivity contribution in [1.29, 1.82) is 0 Å². The number of carbonyl (C=O) groups is 1. The molecule has 0 bridgehead atoms. The second-order valence-electron chi connectivity index (χ2n) is 8.32. The number of rotatable bonds is 6. The van der Waals surface area contributed by atoms with Crippen LogP contribution in [0.5, 0.6) is 0 Å². The Morgan fingerprint density at radius 3 is 2.90 bits per heavy atom. The summed E-state index contributed by atoms with van der Waals surface area (Å²) in [5.41, 5.74) is 6.38. The predicted octanol–water partition coefficient (Wildman–Crippen LogP) is 3.66. The first kappa shape index (κ1) is 20.1. The topological polar surface area (TPSA) is 71.0 Å². The van der Waals surface area contributed by atoms with Gasteiger partial charge in [-0.25, -0.2) is 15.0 Å². The fourth-order valence-electron chi connectivity index (χ4n) is 4.59. The highest BCUT2D eigenvalue weighted by Crippen LogP contribution is 2.33. The number of hydrogen-bond acceptors (Lipinski definition) is 6. The van der Waals surface area contributed by atoms with Gasteiger partial charge < -0.3 is 10.2 Å². The van der Waals surface area contributed by atoms with Crippen LogP contribution in [0.25, 0.3) is 11.4 Å². The SMILES string of the molecule is O=C(NCCc1cscn1)[C@@H]1CCCN(c2nc(-c3ccccc3)nc3c2CCC3)C1. The molecule has 1 amide bonds. The van der Waals surface area contributed by atoms with Crippen LogP contribution < -0.4 is 10.2 Å². The average Bonchev–Trinajstić information content (AvgIpc) is 3.51. The normalized spacial score (nSPS) is 18.1. The van der Waals surface area contributed by atoms with Gasteiger partial charge in [-0.3, -0.25) is 4.79 Å². The molecule has 31 heavy (non-hydrogen) atoms. The number of aromatic nitrogens is 3. The monoisotopic (exact) mass is 433 g/mol. The second-order valence-corrected chi connectivity index (χ2v) is 9.04. The molecule has 1 aliphatic heterocycles. The van der Waals surface area contributed by atoms with Crippen LogP contribution in [-0.4, -0.2) is 40.5 Å². The molecule has 1 saturated heterocycles. The Labute approximate surface area is 186 Å². The van der Waals surface area contributed by atoms with E-state index in [9.17, 15) is 4.79 Å². The van der Waals surface area contributed by atoms with Gasteiger partial charge in [-0.1, -0.05) is 30.3 Å². The van der Waals surface area contributed by atoms with E-state index in [1.165, 1.54) is 11.3 Å². The van der Waals surface area contributed by atoms with Gasteiger partial charge in [-0.05, 0) is 32.1 Å². The summed E-state index contributed by atoms with van der Waals surface area (Å²) in [6, 6.07) is 10.2. The average molecular weight is 434 g/mol. The molecule has 1 aromatic carbocycles. The number of piperidine rings is 1. The maximum atomic E-state index is 12.8. The van der Waals surface area contributed by atoms with E-state index in [1.807, 2.05) is 29.1 Å². The molecule has 0 unspecified atom stereocenters. The molecule has 6 nitrogen and oxygen atoms in total. The number of amides is 1. The highest BCUT2D eigenvalue weighted by atomic mass is 32.1. The third kappa shape index (κ3) is 4.46. The van der Waals surface area contributed by atoms with Crippen LogP contribution in [0.15, 0.2) is 41.2 Å². The number of thiazole rings is 1. The van der Waals surface area contributed by atoms with Gasteiger partial charge >= 0.3 is 0 Å². The Morgan fingerprint density at radius 1 is 1.16 bits per heavy atom. The van der Waals surface area contributed by atoms with Crippen LogP contribution >= 0.6 is 11.3 Å². The minimum absolute atomic E-state index is 0.00335. The van der Waals surface area contributed by atoms with Crippen LogP contribution in [-0.2, 0) is 24.1 Å². The standard InChI is InChI=1S/C24H27N5OS/c30-24(25-12-11-19-15-31-16-26-19)18-8-5-13-29(14-18)23-20-9-4-10-21(20)27-22(28-23)17-6-2-1-3-7-17/h1-3,6-7,15-16,18H,4-5,8-14H2,(H,25,30)/t18-/m1/s1. The lowest BCUT2D eigenvalue weighted by Gasteiger charge is -2.34. The van der Waals surface area contributed by atoms with Crippen LogP contribution in [0.2, 0.25) is 0 Å². The van der Waals surface area contributed by atoms with Crippen molar-refractivity contribution in [3.63, 3.8) is 0 Å². The Kier molecular flexibility index (Phi) is 5.93. The van der Waals surface area contributed by atoms with Crippen molar-refractivity contribution in [3.05, 3.63) is 58.2 Å². The molecule has 2 aliphatic rings. The number of hydrogen-bond donors (Lipinski definition) is 1. The fourth-order valence-corrected chi connectivity index (χ4v) is 5.19. The van der Waals surface area contributed by atoms with Gasteiger partial charge in [-0.15, -0.1) is 11.3 Å². The third-order valence-corrected chi connectivity index (χ3v) is 6.83. The lowest BCUT2D eigenvalue weighted by Crippen LogP contribution is -2.44. The number of nitrogens with zero attached hydrogens (tertiary/aromatic N) is 4. The van der Waals surface area contributed by atoms with Crippen LogP contribution in [0.3, 0.4) is 0 Å². The Hall–Kier alpha value is -2.80. The molecule has 1 N–H and O–H groups in total. The minimum Gasteiger partial charge on any atom is -0.355 e. The van der Waals surface area contributed by atoms with Crippen molar-refractivity contribution in [2.75, 3.05) is 24.5 Å². The van der Waals surface area contributed by atoms with E-state index < -0.39 is 0 Å². The minimum atomic E-state index is -0.00335. The first-order chi connectivity index (χ1) is 15.3. The third-order valence-electron chi connectivity index (χ3n) is 6.20. The van der Waals surface area contributed by atoms with E-state index in [0.29, 0.717) is 6.54 Å². The first-order valence-corrected chi connectivity index (χ1v) is 12.1. The van der Waals surface area contributed by atoms with E-state index in [4.69, 9.17) is 9.97 Å². The van der Waals surface area contributed by atoms with E-state index >= 15 is 0 Å². The number of aryl methyl sites for hydroxylation is 1. The highest BCUT2D eigenvalue weighted by molar-refractivity contribution is 7.07. The van der Waals surface area contributed by atoms with Crippen molar-refractivity contribution in [3.8, 4) is 11.4 Å². The summed E-state index contributed by atoms with van der Waals surface area (Å²) in [4.78, 5) is 29.3. The van der Waals surface area contributed by atoms with Gasteiger partial charge in [0.05, 0.1) is 17.1 Å². The Balaban J connectivity index is 1.31. The molecular formula is C24H27N5OS. The van der Waals surface area contributed by atoms with E-state index in [0.717, 1.165) is 74.5 Å². The number of fused-ring (bicyclic) bond motifs is 1. The number of anilines is 1. The lowest BCUT2D eigenvalue weighted by atomic mass is 9.96. The molecule has 1 aliphatic carbocycles. The highest BCUT2D eigenvalue weighted by Gasteiger charge is 2.30. The summed E-state index contributed by atoms with van der Waals surface area (Å²) in [6.45, 7) is 2.31. The van der Waals surface area contributed by atoms with Crippen LogP contribution in [0, 0.1) is 5.92 Å². The van der Waals surface area contributed by atoms with Crippen LogP contribution in [0.4, 0.5) is 5.82 Å². The zero-order chi connectivity index (χ0) is 21.0. The molecule has 1 atom stereocenters. The van der Waals surface area contributed by atoms with Crippen molar-refractivity contribution >= 4 is 23.1 Å². The molecule has 0 spiro atoms. The van der Waals surface area contributed by atoms with Gasteiger partial charge in [0.2, 0.25) is 5.91 Å². The Bertz CT molecular complexity index is 1040. The quantitative estimate of drug-likeness (QED) is 0.642. The molecular weight excluding hydrogens is 406 g/mol. The zero-order valence-electron chi connectivity index (χ0n) is 17.6. The Morgan fingerprint density at radius 2 is 2.06 bits per heavy atom. The van der Waals surface area contributed by atoms with Crippen LogP contribution in [0.1, 0.15) is 36.2 Å².